The Bertz CT molecular complexity index is 329. The minimum Gasteiger partial charge on any atom is -0.386 e. The van der Waals surface area contributed by atoms with Gasteiger partial charge in [-0.15, -0.1) is 0 Å². The van der Waals surface area contributed by atoms with E-state index in [1.54, 1.807) is 0 Å². The van der Waals surface area contributed by atoms with Gasteiger partial charge in [-0.25, -0.2) is 0 Å². The molecular weight excluding hydrogens is 252 g/mol. The van der Waals surface area contributed by atoms with Crippen molar-refractivity contribution in [2.45, 2.75) is 20.8 Å². The fraction of sp³-hybridized carbons (Fsp3) is 0.500. The maximum absolute atomic E-state index is 3.46. The lowest BCUT2D eigenvalue weighted by atomic mass is 9.97. The molecule has 3 heteroatoms. The van der Waals surface area contributed by atoms with Crippen molar-refractivity contribution in [1.82, 2.24) is 0 Å². The van der Waals surface area contributed by atoms with Crippen molar-refractivity contribution in [3.05, 3.63) is 22.7 Å². The summed E-state index contributed by atoms with van der Waals surface area (Å²) in [6.07, 6.45) is 0. The quantitative estimate of drug-likeness (QED) is 0.869. The van der Waals surface area contributed by atoms with Crippen LogP contribution >= 0.6 is 15.9 Å². The fourth-order valence-electron chi connectivity index (χ4n) is 1.24. The molecule has 15 heavy (non-hydrogen) atoms. The van der Waals surface area contributed by atoms with Crippen molar-refractivity contribution in [2.24, 2.45) is 5.41 Å². The Kier molecular flexibility index (Phi) is 4.03. The molecule has 0 fully saturated rings. The van der Waals surface area contributed by atoms with Gasteiger partial charge in [-0.1, -0.05) is 36.7 Å². The summed E-state index contributed by atoms with van der Waals surface area (Å²) in [5.41, 5.74) is 2.56. The molecule has 0 atom stereocenters. The number of rotatable bonds is 3. The van der Waals surface area contributed by atoms with Crippen LogP contribution in [-0.2, 0) is 0 Å². The van der Waals surface area contributed by atoms with Crippen LogP contribution in [0.5, 0.6) is 0 Å². The van der Waals surface area contributed by atoms with Crippen LogP contribution in [0.3, 0.4) is 0 Å². The molecule has 0 radical (unpaired) electrons. The summed E-state index contributed by atoms with van der Waals surface area (Å²) in [4.78, 5) is 0. The highest BCUT2D eigenvalue weighted by molar-refractivity contribution is 9.10. The first-order valence-corrected chi connectivity index (χ1v) is 5.93. The molecule has 1 rings (SSSR count). The molecule has 0 amide bonds. The van der Waals surface area contributed by atoms with Crippen LogP contribution in [0.2, 0.25) is 0 Å². The van der Waals surface area contributed by atoms with Crippen molar-refractivity contribution in [3.63, 3.8) is 0 Å². The van der Waals surface area contributed by atoms with E-state index in [0.717, 1.165) is 22.4 Å². The van der Waals surface area contributed by atoms with Crippen LogP contribution in [-0.4, -0.2) is 13.6 Å². The van der Waals surface area contributed by atoms with Crippen LogP contribution in [0.1, 0.15) is 20.8 Å². The van der Waals surface area contributed by atoms with E-state index in [0.29, 0.717) is 0 Å². The van der Waals surface area contributed by atoms with Crippen molar-refractivity contribution >= 4 is 27.3 Å². The molecule has 2 N–H and O–H groups in total. The Morgan fingerprint density at radius 1 is 1.20 bits per heavy atom. The third kappa shape index (κ3) is 4.12. The second kappa shape index (κ2) is 4.88. The zero-order valence-electron chi connectivity index (χ0n) is 9.82. The van der Waals surface area contributed by atoms with Gasteiger partial charge in [-0.05, 0) is 23.6 Å². The van der Waals surface area contributed by atoms with Crippen LogP contribution in [0.15, 0.2) is 22.7 Å². The molecule has 0 aliphatic rings. The molecule has 1 aromatic rings. The van der Waals surface area contributed by atoms with E-state index in [1.807, 2.05) is 13.1 Å². The summed E-state index contributed by atoms with van der Waals surface area (Å²) in [5, 5.41) is 6.63. The van der Waals surface area contributed by atoms with Crippen LogP contribution < -0.4 is 10.6 Å². The lowest BCUT2D eigenvalue weighted by Crippen LogP contribution is -2.19. The van der Waals surface area contributed by atoms with Gasteiger partial charge in [0.2, 0.25) is 0 Å². The van der Waals surface area contributed by atoms with Gasteiger partial charge in [-0.2, -0.15) is 0 Å². The minimum absolute atomic E-state index is 0.290. The SMILES string of the molecule is CNc1cc(Br)ccc1NCC(C)(C)C. The molecule has 1 aromatic carbocycles. The van der Waals surface area contributed by atoms with E-state index < -0.39 is 0 Å². The lowest BCUT2D eigenvalue weighted by Gasteiger charge is -2.21. The van der Waals surface area contributed by atoms with Crippen molar-refractivity contribution in [3.8, 4) is 0 Å². The second-order valence-corrected chi connectivity index (χ2v) is 5.77. The molecule has 0 unspecified atom stereocenters. The van der Waals surface area contributed by atoms with Gasteiger partial charge in [0.1, 0.15) is 0 Å². The monoisotopic (exact) mass is 270 g/mol. The van der Waals surface area contributed by atoms with Crippen LogP contribution in [0, 0.1) is 5.41 Å². The number of nitrogens with one attached hydrogen (secondary N) is 2. The van der Waals surface area contributed by atoms with E-state index in [2.05, 4.69) is 59.5 Å². The Hall–Kier alpha value is -0.700. The maximum atomic E-state index is 3.46. The molecule has 0 aliphatic heterocycles. The molecule has 0 aromatic heterocycles. The largest absolute Gasteiger partial charge is 0.386 e. The van der Waals surface area contributed by atoms with Crippen LogP contribution in [0.4, 0.5) is 11.4 Å². The van der Waals surface area contributed by atoms with Crippen molar-refractivity contribution < 1.29 is 0 Å². The van der Waals surface area contributed by atoms with Crippen molar-refractivity contribution in [1.29, 1.82) is 0 Å². The van der Waals surface area contributed by atoms with Gasteiger partial charge in [0.25, 0.3) is 0 Å². The average molecular weight is 271 g/mol. The average Bonchev–Trinajstić information content (AvgIpc) is 2.14. The smallest absolute Gasteiger partial charge is 0.0584 e. The molecule has 0 saturated carbocycles. The first kappa shape index (κ1) is 12.4. The Labute approximate surface area is 101 Å². The molecule has 0 spiro atoms. The Morgan fingerprint density at radius 3 is 2.40 bits per heavy atom. The molecular formula is C12H19BrN2. The summed E-state index contributed by atoms with van der Waals surface area (Å²) in [6.45, 7) is 7.62. The summed E-state index contributed by atoms with van der Waals surface area (Å²) in [7, 11) is 1.93. The van der Waals surface area contributed by atoms with Gasteiger partial charge in [0.05, 0.1) is 11.4 Å². The summed E-state index contributed by atoms with van der Waals surface area (Å²) >= 11 is 3.46. The summed E-state index contributed by atoms with van der Waals surface area (Å²) in [6, 6.07) is 6.21. The fourth-order valence-corrected chi connectivity index (χ4v) is 1.60. The molecule has 2 nitrogen and oxygen atoms in total. The normalized spacial score (nSPS) is 11.3. The molecule has 0 heterocycles. The third-order valence-corrected chi connectivity index (χ3v) is 2.55. The van der Waals surface area contributed by atoms with Crippen LogP contribution in [0.25, 0.3) is 0 Å². The van der Waals surface area contributed by atoms with Gasteiger partial charge in [0.15, 0.2) is 0 Å². The van der Waals surface area contributed by atoms with E-state index in [4.69, 9.17) is 0 Å². The topological polar surface area (TPSA) is 24.1 Å². The summed E-state index contributed by atoms with van der Waals surface area (Å²) < 4.78 is 1.09. The standard InChI is InChI=1S/C12H19BrN2/c1-12(2,3)8-15-10-6-5-9(13)7-11(10)14-4/h5-7,14-15H,8H2,1-4H3. The minimum atomic E-state index is 0.290. The van der Waals surface area contributed by atoms with Gasteiger partial charge >= 0.3 is 0 Å². The predicted octanol–water partition coefficient (Wildman–Crippen LogP) is 3.95. The van der Waals surface area contributed by atoms with E-state index in [-0.39, 0.29) is 5.41 Å². The molecule has 0 aliphatic carbocycles. The van der Waals surface area contributed by atoms with Gasteiger partial charge < -0.3 is 10.6 Å². The first-order valence-electron chi connectivity index (χ1n) is 5.13. The van der Waals surface area contributed by atoms with Gasteiger partial charge in [-0.3, -0.25) is 0 Å². The van der Waals surface area contributed by atoms with E-state index in [9.17, 15) is 0 Å². The highest BCUT2D eigenvalue weighted by atomic mass is 79.9. The Morgan fingerprint density at radius 2 is 1.87 bits per heavy atom. The molecule has 84 valence electrons. The number of benzene rings is 1. The van der Waals surface area contributed by atoms with E-state index in [1.165, 1.54) is 0 Å². The zero-order valence-corrected chi connectivity index (χ0v) is 11.4. The maximum Gasteiger partial charge on any atom is 0.0584 e. The third-order valence-electron chi connectivity index (χ3n) is 2.06. The summed E-state index contributed by atoms with van der Waals surface area (Å²) in [5.74, 6) is 0. The second-order valence-electron chi connectivity index (χ2n) is 4.85. The van der Waals surface area contributed by atoms with E-state index >= 15 is 0 Å². The predicted molar refractivity (Wildman–Crippen MR) is 71.6 cm³/mol. The number of anilines is 2. The van der Waals surface area contributed by atoms with Gasteiger partial charge in [0, 0.05) is 18.1 Å². The lowest BCUT2D eigenvalue weighted by molar-refractivity contribution is 0.443. The number of halogens is 1. The number of hydrogen-bond donors (Lipinski definition) is 2. The Balaban J connectivity index is 2.76. The first-order chi connectivity index (χ1) is 6.92. The zero-order chi connectivity index (χ0) is 11.5. The molecule has 0 bridgehead atoms. The molecule has 0 saturated heterocycles. The van der Waals surface area contributed by atoms with Crippen molar-refractivity contribution in [2.75, 3.05) is 24.2 Å². The number of hydrogen-bond acceptors (Lipinski definition) is 2. The highest BCUT2D eigenvalue weighted by Crippen LogP contribution is 2.26. The highest BCUT2D eigenvalue weighted by Gasteiger charge is 2.10.